The Bertz CT molecular complexity index is 773. The summed E-state index contributed by atoms with van der Waals surface area (Å²) in [5, 5.41) is 1.11. The molecule has 1 amide bonds. The number of aromatic nitrogens is 1. The van der Waals surface area contributed by atoms with Crippen molar-refractivity contribution in [1.82, 2.24) is 14.4 Å². The number of benzene rings is 1. The Hall–Kier alpha value is -1.52. The van der Waals surface area contributed by atoms with Crippen LogP contribution >= 0.6 is 12.4 Å². The molecule has 1 aliphatic heterocycles. The van der Waals surface area contributed by atoms with Crippen molar-refractivity contribution in [1.29, 1.82) is 0 Å². The molecule has 0 unspecified atom stereocenters. The van der Waals surface area contributed by atoms with E-state index in [1.165, 1.54) is 50.5 Å². The van der Waals surface area contributed by atoms with Crippen LogP contribution < -0.4 is 0 Å². The Balaban J connectivity index is 0.00000225. The summed E-state index contributed by atoms with van der Waals surface area (Å²) in [5.41, 5.74) is 2.09. The lowest BCUT2D eigenvalue weighted by molar-refractivity contribution is 0.0666. The van der Waals surface area contributed by atoms with Crippen LogP contribution in [0.4, 0.5) is 0 Å². The molecule has 2 aromatic rings. The van der Waals surface area contributed by atoms with Gasteiger partial charge in [-0.2, -0.15) is 0 Å². The number of likely N-dealkylation sites (N-methyl/N-ethyl adjacent to an activating group) is 1. The molecule has 4 nitrogen and oxygen atoms in total. The number of aryl methyl sites for hydroxylation is 1. The molecule has 0 N–H and O–H groups in total. The summed E-state index contributed by atoms with van der Waals surface area (Å²) < 4.78 is 2.32. The van der Waals surface area contributed by atoms with E-state index in [1.807, 2.05) is 4.90 Å². The zero-order chi connectivity index (χ0) is 18.6. The highest BCUT2D eigenvalue weighted by Crippen LogP contribution is 2.28. The second-order valence-electron chi connectivity index (χ2n) is 8.50. The molecular weight excluding hydrogens is 370 g/mol. The maximum Gasteiger partial charge on any atom is 0.256 e. The topological polar surface area (TPSA) is 28.5 Å². The average molecular weight is 404 g/mol. The minimum Gasteiger partial charge on any atom is -0.347 e. The highest BCUT2D eigenvalue weighted by atomic mass is 35.5. The van der Waals surface area contributed by atoms with E-state index in [4.69, 9.17) is 0 Å². The van der Waals surface area contributed by atoms with Gasteiger partial charge in [-0.25, -0.2) is 0 Å². The predicted molar refractivity (Wildman–Crippen MR) is 118 cm³/mol. The first kappa shape index (κ1) is 21.2. The number of para-hydroxylation sites is 1. The van der Waals surface area contributed by atoms with Gasteiger partial charge in [0.15, 0.2) is 0 Å². The molecule has 1 aromatic carbocycles. The maximum absolute atomic E-state index is 13.1. The summed E-state index contributed by atoms with van der Waals surface area (Å²) in [5.74, 6) is 1.12. The second kappa shape index (κ2) is 9.80. The van der Waals surface area contributed by atoms with E-state index in [-0.39, 0.29) is 18.3 Å². The highest BCUT2D eigenvalue weighted by Gasteiger charge is 2.23. The van der Waals surface area contributed by atoms with E-state index in [0.29, 0.717) is 0 Å². The number of carbonyl (C=O) groups is 1. The van der Waals surface area contributed by atoms with Crippen molar-refractivity contribution >= 4 is 29.2 Å². The summed E-state index contributed by atoms with van der Waals surface area (Å²) in [4.78, 5) is 17.5. The Kier molecular flexibility index (Phi) is 7.42. The summed E-state index contributed by atoms with van der Waals surface area (Å²) in [6.07, 6.45) is 11.8. The van der Waals surface area contributed by atoms with Crippen LogP contribution in [0.2, 0.25) is 0 Å². The summed E-state index contributed by atoms with van der Waals surface area (Å²) >= 11 is 0. The molecule has 5 heteroatoms. The molecule has 0 radical (unpaired) electrons. The van der Waals surface area contributed by atoms with Gasteiger partial charge in [0.2, 0.25) is 0 Å². The van der Waals surface area contributed by atoms with Crippen LogP contribution in [0, 0.1) is 5.92 Å². The number of rotatable bonds is 5. The molecule has 1 saturated carbocycles. The monoisotopic (exact) mass is 403 g/mol. The zero-order valence-electron chi connectivity index (χ0n) is 17.1. The van der Waals surface area contributed by atoms with Crippen LogP contribution in [0.15, 0.2) is 30.5 Å². The maximum atomic E-state index is 13.1. The third-order valence-electron chi connectivity index (χ3n) is 6.55. The third-order valence-corrected chi connectivity index (χ3v) is 6.55. The minimum absolute atomic E-state index is 0. The van der Waals surface area contributed by atoms with Gasteiger partial charge in [0.25, 0.3) is 5.91 Å². The SMILES string of the molecule is CN1CCN(C(=O)c2cn(CCCC3CCCCC3)c3ccccc23)CC1.Cl. The van der Waals surface area contributed by atoms with Crippen molar-refractivity contribution in [2.45, 2.75) is 51.5 Å². The molecule has 1 aliphatic carbocycles. The third kappa shape index (κ3) is 4.72. The van der Waals surface area contributed by atoms with Crippen molar-refractivity contribution in [2.24, 2.45) is 5.92 Å². The number of nitrogens with zero attached hydrogens (tertiary/aromatic N) is 3. The van der Waals surface area contributed by atoms with Gasteiger partial charge < -0.3 is 14.4 Å². The lowest BCUT2D eigenvalue weighted by Crippen LogP contribution is -2.47. The van der Waals surface area contributed by atoms with Gasteiger partial charge in [0, 0.05) is 49.8 Å². The molecular formula is C23H34ClN3O. The Morgan fingerprint density at radius 3 is 2.50 bits per heavy atom. The van der Waals surface area contributed by atoms with Crippen LogP contribution in [-0.4, -0.2) is 53.5 Å². The summed E-state index contributed by atoms with van der Waals surface area (Å²) in [7, 11) is 2.13. The standard InChI is InChI=1S/C23H33N3O.ClH/c1-24-14-16-25(17-15-24)23(27)21-18-26(22-12-6-5-11-20(21)22)13-7-10-19-8-3-2-4-9-19;/h5-6,11-12,18-19H,2-4,7-10,13-17H2,1H3;1H. The van der Waals surface area contributed by atoms with Crippen molar-refractivity contribution in [2.75, 3.05) is 33.2 Å². The summed E-state index contributed by atoms with van der Waals surface area (Å²) in [6, 6.07) is 8.41. The number of fused-ring (bicyclic) bond motifs is 1. The average Bonchev–Trinajstić information content (AvgIpc) is 3.08. The number of halogens is 1. The first-order chi connectivity index (χ1) is 13.2. The van der Waals surface area contributed by atoms with E-state index >= 15 is 0 Å². The van der Waals surface area contributed by atoms with Crippen molar-refractivity contribution in [3.8, 4) is 0 Å². The zero-order valence-corrected chi connectivity index (χ0v) is 17.9. The lowest BCUT2D eigenvalue weighted by atomic mass is 9.86. The Labute approximate surface area is 175 Å². The van der Waals surface area contributed by atoms with Gasteiger partial charge in [0.05, 0.1) is 5.56 Å². The molecule has 0 spiro atoms. The predicted octanol–water partition coefficient (Wildman–Crippen LogP) is 4.81. The van der Waals surface area contributed by atoms with E-state index in [1.54, 1.807) is 0 Å². The molecule has 154 valence electrons. The molecule has 28 heavy (non-hydrogen) atoms. The molecule has 0 atom stereocenters. The molecule has 2 heterocycles. The normalized spacial score (nSPS) is 19.0. The van der Waals surface area contributed by atoms with Crippen LogP contribution in [0.1, 0.15) is 55.3 Å². The molecule has 2 aliphatic rings. The van der Waals surface area contributed by atoms with E-state index in [2.05, 4.69) is 47.0 Å². The summed E-state index contributed by atoms with van der Waals surface area (Å²) in [6.45, 7) is 4.61. The molecule has 4 rings (SSSR count). The molecule has 2 fully saturated rings. The fraction of sp³-hybridized carbons (Fsp3) is 0.609. The van der Waals surface area contributed by atoms with Gasteiger partial charge in [-0.3, -0.25) is 4.79 Å². The quantitative estimate of drug-likeness (QED) is 0.716. The van der Waals surface area contributed by atoms with Crippen LogP contribution in [0.3, 0.4) is 0 Å². The largest absolute Gasteiger partial charge is 0.347 e. The first-order valence-electron chi connectivity index (χ1n) is 10.8. The van der Waals surface area contributed by atoms with Crippen molar-refractivity contribution in [3.05, 3.63) is 36.0 Å². The fourth-order valence-electron chi connectivity index (χ4n) is 4.81. The molecule has 1 aromatic heterocycles. The number of piperazine rings is 1. The van der Waals surface area contributed by atoms with Crippen molar-refractivity contribution in [3.63, 3.8) is 0 Å². The number of amides is 1. The molecule has 1 saturated heterocycles. The highest BCUT2D eigenvalue weighted by molar-refractivity contribution is 6.07. The van der Waals surface area contributed by atoms with E-state index < -0.39 is 0 Å². The van der Waals surface area contributed by atoms with Gasteiger partial charge in [-0.1, -0.05) is 50.3 Å². The second-order valence-corrected chi connectivity index (χ2v) is 8.50. The van der Waals surface area contributed by atoms with E-state index in [0.717, 1.165) is 49.6 Å². The van der Waals surface area contributed by atoms with Gasteiger partial charge in [-0.15, -0.1) is 12.4 Å². The van der Waals surface area contributed by atoms with Gasteiger partial charge in [0.1, 0.15) is 0 Å². The molecule has 0 bridgehead atoms. The first-order valence-corrected chi connectivity index (χ1v) is 10.8. The number of hydrogen-bond acceptors (Lipinski definition) is 2. The smallest absolute Gasteiger partial charge is 0.256 e. The van der Waals surface area contributed by atoms with Gasteiger partial charge in [-0.05, 0) is 31.9 Å². The van der Waals surface area contributed by atoms with E-state index in [9.17, 15) is 4.79 Å². The number of carbonyl (C=O) groups excluding carboxylic acids is 1. The minimum atomic E-state index is 0. The van der Waals surface area contributed by atoms with Gasteiger partial charge >= 0.3 is 0 Å². The Morgan fingerprint density at radius 1 is 1.04 bits per heavy atom. The van der Waals surface area contributed by atoms with Crippen LogP contribution in [-0.2, 0) is 6.54 Å². The Morgan fingerprint density at radius 2 is 1.75 bits per heavy atom. The fourth-order valence-corrected chi connectivity index (χ4v) is 4.81. The van der Waals surface area contributed by atoms with Crippen LogP contribution in [0.25, 0.3) is 10.9 Å². The lowest BCUT2D eigenvalue weighted by Gasteiger charge is -2.32. The number of hydrogen-bond donors (Lipinski definition) is 0. The van der Waals surface area contributed by atoms with Crippen LogP contribution in [0.5, 0.6) is 0 Å². The van der Waals surface area contributed by atoms with Crippen molar-refractivity contribution < 1.29 is 4.79 Å².